The van der Waals surface area contributed by atoms with Gasteiger partial charge in [0, 0.05) is 38.8 Å². The van der Waals surface area contributed by atoms with Crippen LogP contribution in [0, 0.1) is 13.5 Å². The first kappa shape index (κ1) is 18.0. The van der Waals surface area contributed by atoms with Crippen molar-refractivity contribution >= 4 is 11.5 Å². The zero-order chi connectivity index (χ0) is 18.8. The van der Waals surface area contributed by atoms with Crippen LogP contribution < -0.4 is 21.9 Å². The van der Waals surface area contributed by atoms with Crippen LogP contribution in [-0.2, 0) is 13.6 Å². The topological polar surface area (TPSA) is 77.6 Å². The van der Waals surface area contributed by atoms with E-state index in [0.29, 0.717) is 18.1 Å². The fourth-order valence-corrected chi connectivity index (χ4v) is 3.41. The lowest BCUT2D eigenvalue weighted by atomic mass is 10.1. The largest absolute Gasteiger partial charge is 0.356 e. The van der Waals surface area contributed by atoms with Gasteiger partial charge in [0.1, 0.15) is 5.82 Å². The van der Waals surface area contributed by atoms with Crippen molar-refractivity contribution in [2.75, 3.05) is 18.0 Å². The molecular weight excluding hydrogens is 330 g/mol. The SMILES string of the molecule is [C-]#[N+]c1ccc(C)cc1Cn1c(N2CCC[C@@H](N)C2)cc(=O)n(C)c1=O. The summed E-state index contributed by atoms with van der Waals surface area (Å²) < 4.78 is 2.67. The Balaban J connectivity index is 2.13. The summed E-state index contributed by atoms with van der Waals surface area (Å²) >= 11 is 0. The standard InChI is InChI=1S/C19H23N5O2/c1-13-6-7-16(21-2)14(9-13)11-24-17(10-18(25)22(3)19(24)26)23-8-4-5-15(20)12-23/h6-7,9-10,15H,4-5,8,11-12,20H2,1,3H3/t15-/m1/s1. The third-order valence-corrected chi connectivity index (χ3v) is 4.84. The van der Waals surface area contributed by atoms with Gasteiger partial charge in [0.05, 0.1) is 6.57 Å². The molecule has 2 aromatic rings. The van der Waals surface area contributed by atoms with Crippen molar-refractivity contribution in [3.63, 3.8) is 0 Å². The molecule has 7 heteroatoms. The van der Waals surface area contributed by atoms with Gasteiger partial charge in [-0.25, -0.2) is 9.64 Å². The van der Waals surface area contributed by atoms with Crippen LogP contribution in [0.4, 0.5) is 11.5 Å². The fraction of sp³-hybridized carbons (Fsp3) is 0.421. The molecule has 1 aromatic carbocycles. The molecule has 0 radical (unpaired) electrons. The zero-order valence-corrected chi connectivity index (χ0v) is 15.1. The molecule has 1 fully saturated rings. The maximum absolute atomic E-state index is 12.8. The monoisotopic (exact) mass is 353 g/mol. The highest BCUT2D eigenvalue weighted by atomic mass is 16.2. The van der Waals surface area contributed by atoms with Crippen LogP contribution >= 0.6 is 0 Å². The van der Waals surface area contributed by atoms with E-state index in [2.05, 4.69) is 4.85 Å². The average molecular weight is 353 g/mol. The van der Waals surface area contributed by atoms with Gasteiger partial charge in [0.2, 0.25) is 0 Å². The van der Waals surface area contributed by atoms with E-state index in [9.17, 15) is 9.59 Å². The van der Waals surface area contributed by atoms with Gasteiger partial charge in [0.15, 0.2) is 5.69 Å². The lowest BCUT2D eigenvalue weighted by molar-refractivity contribution is 0.491. The Morgan fingerprint density at radius 2 is 2.08 bits per heavy atom. The summed E-state index contributed by atoms with van der Waals surface area (Å²) in [5.74, 6) is 0.575. The molecule has 0 amide bonds. The highest BCUT2D eigenvalue weighted by molar-refractivity contribution is 5.54. The maximum Gasteiger partial charge on any atom is 0.332 e. The summed E-state index contributed by atoms with van der Waals surface area (Å²) in [6.45, 7) is 10.9. The smallest absolute Gasteiger partial charge is 0.332 e. The van der Waals surface area contributed by atoms with Gasteiger partial charge in [0.25, 0.3) is 5.56 Å². The van der Waals surface area contributed by atoms with Crippen molar-refractivity contribution in [1.82, 2.24) is 9.13 Å². The Kier molecular flexibility index (Phi) is 4.96. The summed E-state index contributed by atoms with van der Waals surface area (Å²) in [6, 6.07) is 7.07. The number of benzene rings is 1. The van der Waals surface area contributed by atoms with Gasteiger partial charge < -0.3 is 10.6 Å². The van der Waals surface area contributed by atoms with Gasteiger partial charge in [-0.3, -0.25) is 13.9 Å². The van der Waals surface area contributed by atoms with E-state index in [-0.39, 0.29) is 23.8 Å². The number of anilines is 1. The number of aryl methyl sites for hydroxylation is 1. The third kappa shape index (κ3) is 3.41. The Hall–Kier alpha value is -2.85. The Labute approximate surface area is 152 Å². The van der Waals surface area contributed by atoms with Crippen LogP contribution in [0.2, 0.25) is 0 Å². The van der Waals surface area contributed by atoms with E-state index in [1.165, 1.54) is 13.1 Å². The summed E-state index contributed by atoms with van der Waals surface area (Å²) in [4.78, 5) is 30.6. The molecule has 26 heavy (non-hydrogen) atoms. The number of hydrogen-bond acceptors (Lipinski definition) is 4. The molecule has 1 aliphatic heterocycles. The van der Waals surface area contributed by atoms with E-state index in [1.54, 1.807) is 10.6 Å². The van der Waals surface area contributed by atoms with Crippen molar-refractivity contribution in [3.05, 3.63) is 67.6 Å². The number of aromatic nitrogens is 2. The van der Waals surface area contributed by atoms with E-state index < -0.39 is 0 Å². The number of hydrogen-bond donors (Lipinski definition) is 1. The number of nitrogens with two attached hydrogens (primary N) is 1. The molecule has 7 nitrogen and oxygen atoms in total. The predicted octanol–water partition coefficient (Wildman–Crippen LogP) is 1.38. The number of nitrogens with zero attached hydrogens (tertiary/aromatic N) is 4. The molecule has 136 valence electrons. The Morgan fingerprint density at radius 1 is 1.31 bits per heavy atom. The lowest BCUT2D eigenvalue weighted by Gasteiger charge is -2.34. The fourth-order valence-electron chi connectivity index (χ4n) is 3.41. The quantitative estimate of drug-likeness (QED) is 0.846. The van der Waals surface area contributed by atoms with E-state index in [4.69, 9.17) is 12.3 Å². The Bertz CT molecular complexity index is 983. The highest BCUT2D eigenvalue weighted by Gasteiger charge is 2.22. The molecule has 1 aromatic heterocycles. The molecule has 0 saturated carbocycles. The van der Waals surface area contributed by atoms with Crippen molar-refractivity contribution < 1.29 is 0 Å². The van der Waals surface area contributed by atoms with Crippen molar-refractivity contribution in [2.24, 2.45) is 12.8 Å². The molecule has 1 aliphatic rings. The predicted molar refractivity (Wildman–Crippen MR) is 102 cm³/mol. The maximum atomic E-state index is 12.8. The minimum Gasteiger partial charge on any atom is -0.356 e. The van der Waals surface area contributed by atoms with Gasteiger partial charge >= 0.3 is 5.69 Å². The van der Waals surface area contributed by atoms with Gasteiger partial charge in [-0.05, 0) is 25.3 Å². The van der Waals surface area contributed by atoms with Crippen LogP contribution in [-0.4, -0.2) is 28.3 Å². The molecule has 0 spiro atoms. The van der Waals surface area contributed by atoms with Crippen molar-refractivity contribution in [2.45, 2.75) is 32.4 Å². The molecule has 2 N–H and O–H groups in total. The second-order valence-corrected chi connectivity index (χ2v) is 6.86. The first-order valence-corrected chi connectivity index (χ1v) is 8.69. The number of rotatable bonds is 3. The van der Waals surface area contributed by atoms with E-state index >= 15 is 0 Å². The van der Waals surface area contributed by atoms with Crippen molar-refractivity contribution in [1.29, 1.82) is 0 Å². The normalized spacial score (nSPS) is 17.2. The minimum absolute atomic E-state index is 0.0223. The lowest BCUT2D eigenvalue weighted by Crippen LogP contribution is -2.47. The third-order valence-electron chi connectivity index (χ3n) is 4.84. The molecule has 0 unspecified atom stereocenters. The minimum atomic E-state index is -0.385. The van der Waals surface area contributed by atoms with Crippen LogP contribution in [0.25, 0.3) is 4.85 Å². The van der Waals surface area contributed by atoms with Crippen LogP contribution in [0.3, 0.4) is 0 Å². The molecule has 0 aliphatic carbocycles. The summed E-state index contributed by atoms with van der Waals surface area (Å²) in [5, 5.41) is 0. The van der Waals surface area contributed by atoms with Gasteiger partial charge in [-0.2, -0.15) is 0 Å². The van der Waals surface area contributed by atoms with Crippen LogP contribution in [0.15, 0.2) is 33.9 Å². The summed E-state index contributed by atoms with van der Waals surface area (Å²) in [6.07, 6.45) is 1.85. The second-order valence-electron chi connectivity index (χ2n) is 6.86. The first-order valence-electron chi connectivity index (χ1n) is 8.69. The summed E-state index contributed by atoms with van der Waals surface area (Å²) in [5.41, 5.74) is 7.66. The second kappa shape index (κ2) is 7.18. The van der Waals surface area contributed by atoms with Gasteiger partial charge in [-0.15, -0.1) is 0 Å². The van der Waals surface area contributed by atoms with E-state index in [0.717, 1.165) is 35.1 Å². The molecule has 2 heterocycles. The first-order chi connectivity index (χ1) is 12.4. The molecule has 1 saturated heterocycles. The summed E-state index contributed by atoms with van der Waals surface area (Å²) in [7, 11) is 1.47. The number of piperidine rings is 1. The molecule has 1 atom stereocenters. The van der Waals surface area contributed by atoms with Crippen LogP contribution in [0.5, 0.6) is 0 Å². The zero-order valence-electron chi connectivity index (χ0n) is 15.1. The Morgan fingerprint density at radius 3 is 2.77 bits per heavy atom. The van der Waals surface area contributed by atoms with Crippen LogP contribution in [0.1, 0.15) is 24.0 Å². The average Bonchev–Trinajstić information content (AvgIpc) is 2.62. The molecule has 0 bridgehead atoms. The molecule has 3 rings (SSSR count). The molecular formula is C19H23N5O2. The van der Waals surface area contributed by atoms with E-state index in [1.807, 2.05) is 24.0 Å². The highest BCUT2D eigenvalue weighted by Crippen LogP contribution is 2.24. The van der Waals surface area contributed by atoms with Crippen molar-refractivity contribution in [3.8, 4) is 0 Å². The van der Waals surface area contributed by atoms with Gasteiger partial charge in [-0.1, -0.05) is 23.8 Å².